The Morgan fingerprint density at radius 2 is 1.71 bits per heavy atom. The summed E-state index contributed by atoms with van der Waals surface area (Å²) in [6.07, 6.45) is 6.68. The van der Waals surface area contributed by atoms with Gasteiger partial charge in [-0.1, -0.05) is 20.8 Å². The number of carbonyl (C=O) groups excluding carboxylic acids is 1. The van der Waals surface area contributed by atoms with Gasteiger partial charge in [-0.25, -0.2) is 0 Å². The van der Waals surface area contributed by atoms with Crippen molar-refractivity contribution in [3.8, 4) is 0 Å². The van der Waals surface area contributed by atoms with Crippen molar-refractivity contribution in [3.63, 3.8) is 0 Å². The summed E-state index contributed by atoms with van der Waals surface area (Å²) >= 11 is 0. The molecule has 0 aromatic rings. The Kier molecular flexibility index (Phi) is 6.92. The van der Waals surface area contributed by atoms with Gasteiger partial charge in [0.25, 0.3) is 0 Å². The van der Waals surface area contributed by atoms with Gasteiger partial charge in [0.05, 0.1) is 6.61 Å². The number of hydrogen-bond donors (Lipinski definition) is 0. The van der Waals surface area contributed by atoms with E-state index in [1.54, 1.807) is 0 Å². The van der Waals surface area contributed by atoms with Gasteiger partial charge in [0.1, 0.15) is 0 Å². The molecule has 0 spiro atoms. The lowest BCUT2D eigenvalue weighted by Crippen LogP contribution is -2.44. The standard InChI is InChI=1S/C17H34O3Si/c1-7-19-16(18)13-10-14-8-11-15(12-9-14)20-21(5,6)17(2,3)4/h14-15H,7-13H2,1-6H3/t14-,15-. The monoisotopic (exact) mass is 314 g/mol. The zero-order valence-electron chi connectivity index (χ0n) is 14.8. The van der Waals surface area contributed by atoms with Crippen molar-refractivity contribution in [1.29, 1.82) is 0 Å². The van der Waals surface area contributed by atoms with Gasteiger partial charge in [0.2, 0.25) is 0 Å². The van der Waals surface area contributed by atoms with Crippen molar-refractivity contribution < 1.29 is 14.0 Å². The minimum Gasteiger partial charge on any atom is -0.466 e. The first-order chi connectivity index (χ1) is 9.65. The highest BCUT2D eigenvalue weighted by molar-refractivity contribution is 6.74. The molecule has 0 heterocycles. The van der Waals surface area contributed by atoms with E-state index in [1.807, 2.05) is 6.92 Å². The van der Waals surface area contributed by atoms with Crippen molar-refractivity contribution in [2.45, 2.75) is 90.5 Å². The van der Waals surface area contributed by atoms with E-state index in [1.165, 1.54) is 12.8 Å². The maximum Gasteiger partial charge on any atom is 0.305 e. The first kappa shape index (κ1) is 18.7. The predicted molar refractivity (Wildman–Crippen MR) is 89.9 cm³/mol. The molecule has 0 atom stereocenters. The van der Waals surface area contributed by atoms with Crippen molar-refractivity contribution in [2.24, 2.45) is 5.92 Å². The summed E-state index contributed by atoms with van der Waals surface area (Å²) in [5.74, 6) is 0.630. The molecule has 4 heteroatoms. The second kappa shape index (κ2) is 7.77. The van der Waals surface area contributed by atoms with Gasteiger partial charge < -0.3 is 9.16 Å². The van der Waals surface area contributed by atoms with Gasteiger partial charge >= 0.3 is 5.97 Å². The van der Waals surface area contributed by atoms with Gasteiger partial charge in [0, 0.05) is 12.5 Å². The number of carbonyl (C=O) groups is 1. The highest BCUT2D eigenvalue weighted by atomic mass is 28.4. The van der Waals surface area contributed by atoms with Crippen LogP contribution in [0.2, 0.25) is 18.1 Å². The van der Waals surface area contributed by atoms with Crippen molar-refractivity contribution in [2.75, 3.05) is 6.61 Å². The quantitative estimate of drug-likeness (QED) is 0.516. The summed E-state index contributed by atoms with van der Waals surface area (Å²) in [7, 11) is -1.64. The van der Waals surface area contributed by atoms with Gasteiger partial charge in [-0.15, -0.1) is 0 Å². The van der Waals surface area contributed by atoms with Crippen molar-refractivity contribution >= 4 is 14.3 Å². The van der Waals surface area contributed by atoms with E-state index >= 15 is 0 Å². The zero-order valence-corrected chi connectivity index (χ0v) is 15.8. The fraction of sp³-hybridized carbons (Fsp3) is 0.941. The smallest absolute Gasteiger partial charge is 0.305 e. The first-order valence-corrected chi connectivity index (χ1v) is 11.4. The summed E-state index contributed by atoms with van der Waals surface area (Å²) < 4.78 is 11.5. The molecule has 1 fully saturated rings. The fourth-order valence-electron chi connectivity index (χ4n) is 2.69. The Balaban J connectivity index is 2.31. The molecule has 124 valence electrons. The third-order valence-corrected chi connectivity index (χ3v) is 9.66. The average Bonchev–Trinajstić information content (AvgIpc) is 2.36. The Morgan fingerprint density at radius 3 is 2.19 bits per heavy atom. The van der Waals surface area contributed by atoms with E-state index in [0.717, 1.165) is 19.3 Å². The maximum absolute atomic E-state index is 11.4. The largest absolute Gasteiger partial charge is 0.466 e. The number of hydrogen-bond acceptors (Lipinski definition) is 3. The molecular weight excluding hydrogens is 280 g/mol. The van der Waals surface area contributed by atoms with Crippen LogP contribution in [-0.4, -0.2) is 27.0 Å². The highest BCUT2D eigenvalue weighted by Gasteiger charge is 2.39. The van der Waals surface area contributed by atoms with E-state index in [-0.39, 0.29) is 11.0 Å². The molecule has 0 saturated heterocycles. The third kappa shape index (κ3) is 6.11. The Bertz CT molecular complexity index is 325. The van der Waals surface area contributed by atoms with E-state index in [2.05, 4.69) is 33.9 Å². The lowest BCUT2D eigenvalue weighted by atomic mass is 9.85. The third-order valence-electron chi connectivity index (χ3n) is 5.12. The molecule has 0 bridgehead atoms. The van der Waals surface area contributed by atoms with Crippen LogP contribution in [0.3, 0.4) is 0 Å². The van der Waals surface area contributed by atoms with Crippen LogP contribution in [0.25, 0.3) is 0 Å². The lowest BCUT2D eigenvalue weighted by Gasteiger charge is -2.41. The first-order valence-electron chi connectivity index (χ1n) is 8.49. The van der Waals surface area contributed by atoms with E-state index in [0.29, 0.717) is 25.0 Å². The SMILES string of the molecule is CCOC(=O)CC[C@H]1CC[C@H](O[Si](C)(C)C(C)(C)C)CC1. The summed E-state index contributed by atoms with van der Waals surface area (Å²) in [6.45, 7) is 13.9. The van der Waals surface area contributed by atoms with Crippen LogP contribution in [0.15, 0.2) is 0 Å². The molecule has 0 radical (unpaired) electrons. The lowest BCUT2D eigenvalue weighted by molar-refractivity contribution is -0.143. The molecule has 0 aromatic heterocycles. The van der Waals surface area contributed by atoms with Crippen LogP contribution >= 0.6 is 0 Å². The minimum atomic E-state index is -1.64. The molecular formula is C17H34O3Si. The van der Waals surface area contributed by atoms with Gasteiger partial charge in [-0.3, -0.25) is 4.79 Å². The van der Waals surface area contributed by atoms with Gasteiger partial charge in [-0.05, 0) is 63.1 Å². The highest BCUT2D eigenvalue weighted by Crippen LogP contribution is 2.40. The molecule has 0 N–H and O–H groups in total. The van der Waals surface area contributed by atoms with Crippen LogP contribution in [0.1, 0.15) is 66.2 Å². The van der Waals surface area contributed by atoms with E-state index < -0.39 is 8.32 Å². The molecule has 1 aliphatic rings. The Hall–Kier alpha value is -0.353. The summed E-state index contributed by atoms with van der Waals surface area (Å²) in [5.41, 5.74) is 0. The molecule has 21 heavy (non-hydrogen) atoms. The Morgan fingerprint density at radius 1 is 1.14 bits per heavy atom. The summed E-state index contributed by atoms with van der Waals surface area (Å²) in [6, 6.07) is 0. The Labute approximate surface area is 131 Å². The molecule has 3 nitrogen and oxygen atoms in total. The second-order valence-corrected chi connectivity index (χ2v) is 12.6. The average molecular weight is 315 g/mol. The van der Waals surface area contributed by atoms with Crippen LogP contribution in [0, 0.1) is 5.92 Å². The van der Waals surface area contributed by atoms with Crippen LogP contribution < -0.4 is 0 Å². The summed E-state index contributed by atoms with van der Waals surface area (Å²) in [4.78, 5) is 11.4. The molecule has 1 rings (SSSR count). The van der Waals surface area contributed by atoms with E-state index in [9.17, 15) is 4.79 Å². The molecule has 0 aromatic carbocycles. The number of esters is 1. The van der Waals surface area contributed by atoms with E-state index in [4.69, 9.17) is 9.16 Å². The summed E-state index contributed by atoms with van der Waals surface area (Å²) in [5, 5.41) is 0.285. The number of ether oxygens (including phenoxy) is 1. The minimum absolute atomic E-state index is 0.0443. The molecule has 0 amide bonds. The fourth-order valence-corrected chi connectivity index (χ4v) is 4.11. The van der Waals surface area contributed by atoms with Gasteiger partial charge in [-0.2, -0.15) is 0 Å². The molecule has 0 unspecified atom stereocenters. The molecule has 1 aliphatic carbocycles. The van der Waals surface area contributed by atoms with Crippen LogP contribution in [0.5, 0.6) is 0 Å². The topological polar surface area (TPSA) is 35.5 Å². The zero-order chi connectivity index (χ0) is 16.1. The molecule has 1 saturated carbocycles. The molecule has 0 aliphatic heterocycles. The van der Waals surface area contributed by atoms with Crippen molar-refractivity contribution in [1.82, 2.24) is 0 Å². The predicted octanol–water partition coefficient (Wildman–Crippen LogP) is 4.91. The van der Waals surface area contributed by atoms with Gasteiger partial charge in [0.15, 0.2) is 8.32 Å². The van der Waals surface area contributed by atoms with Crippen LogP contribution in [-0.2, 0) is 14.0 Å². The normalized spacial score (nSPS) is 23.9. The van der Waals surface area contributed by atoms with Crippen LogP contribution in [0.4, 0.5) is 0 Å². The second-order valence-electron chi connectivity index (χ2n) is 7.86. The maximum atomic E-state index is 11.4. The number of rotatable bonds is 6. The van der Waals surface area contributed by atoms with Crippen molar-refractivity contribution in [3.05, 3.63) is 0 Å².